The molecule has 2 saturated carbocycles. The first kappa shape index (κ1) is 24.6. The number of carbonyl (C=O) groups excluding carboxylic acids is 2. The number of rotatable bonds is 5. The molecule has 3 aliphatic rings. The molecule has 0 spiro atoms. The van der Waals surface area contributed by atoms with E-state index in [2.05, 4.69) is 4.98 Å². The van der Waals surface area contributed by atoms with E-state index in [1.54, 1.807) is 25.3 Å². The van der Waals surface area contributed by atoms with Crippen LogP contribution in [0.5, 0.6) is 5.75 Å². The first-order valence-electron chi connectivity index (χ1n) is 13.3. The third-order valence-corrected chi connectivity index (χ3v) is 8.43. The van der Waals surface area contributed by atoms with E-state index in [1.807, 2.05) is 9.80 Å². The van der Waals surface area contributed by atoms with Gasteiger partial charge in [-0.2, -0.15) is 0 Å². The molecule has 36 heavy (non-hydrogen) atoms. The highest BCUT2D eigenvalue weighted by Gasteiger charge is 2.34. The van der Waals surface area contributed by atoms with Crippen LogP contribution < -0.4 is 16.0 Å². The van der Waals surface area contributed by atoms with Gasteiger partial charge in [0.15, 0.2) is 0 Å². The average Bonchev–Trinajstić information content (AvgIpc) is 3.46. The van der Waals surface area contributed by atoms with Gasteiger partial charge in [-0.25, -0.2) is 4.79 Å². The van der Waals surface area contributed by atoms with Crippen molar-refractivity contribution in [1.29, 1.82) is 0 Å². The Morgan fingerprint density at radius 3 is 2.06 bits per heavy atom. The molecule has 1 aromatic heterocycles. The number of aromatic amines is 1. The lowest BCUT2D eigenvalue weighted by Gasteiger charge is -2.38. The number of piperazine rings is 1. The summed E-state index contributed by atoms with van der Waals surface area (Å²) in [6.45, 7) is 2.85. The zero-order valence-electron chi connectivity index (χ0n) is 21.0. The Hall–Kier alpha value is -3.10. The van der Waals surface area contributed by atoms with Crippen LogP contribution in [0.2, 0.25) is 0 Å². The summed E-state index contributed by atoms with van der Waals surface area (Å²) in [5, 5.41) is 0.434. The molecule has 9 nitrogen and oxygen atoms in total. The first-order valence-corrected chi connectivity index (χ1v) is 13.3. The number of nitrogens with zero attached hydrogens (tertiary/aromatic N) is 3. The van der Waals surface area contributed by atoms with E-state index >= 15 is 0 Å². The predicted molar refractivity (Wildman–Crippen MR) is 136 cm³/mol. The molecule has 1 saturated heterocycles. The maximum absolute atomic E-state index is 13.2. The number of hydrogen-bond donors (Lipinski definition) is 1. The van der Waals surface area contributed by atoms with Crippen molar-refractivity contribution in [2.75, 3.05) is 33.3 Å². The van der Waals surface area contributed by atoms with E-state index in [9.17, 15) is 19.2 Å². The van der Waals surface area contributed by atoms with Crippen molar-refractivity contribution in [3.63, 3.8) is 0 Å². The number of nitrogens with one attached hydrogen (secondary N) is 1. The predicted octanol–water partition coefficient (Wildman–Crippen LogP) is 2.37. The second-order valence-corrected chi connectivity index (χ2v) is 10.6. The maximum Gasteiger partial charge on any atom is 0.328 e. The van der Waals surface area contributed by atoms with Crippen molar-refractivity contribution in [1.82, 2.24) is 19.4 Å². The fourth-order valence-electron chi connectivity index (χ4n) is 6.21. The third-order valence-electron chi connectivity index (χ3n) is 8.43. The standard InChI is InChI=1S/C27H36N4O5/c1-36-21-10-11-23-22(16-21)26(34)31(27(35)28-23)17-18-6-8-20(9-7-18)25(33)30-14-12-29(13-15-30)24(32)19-4-2-3-5-19/h10-11,16,18-20H,2-9,12-15,17H2,1H3,(H,28,35)/t18-,20-. The van der Waals surface area contributed by atoms with E-state index in [1.165, 1.54) is 4.57 Å². The topological polar surface area (TPSA) is 105 Å². The smallest absolute Gasteiger partial charge is 0.328 e. The van der Waals surface area contributed by atoms with Gasteiger partial charge < -0.3 is 19.5 Å². The number of benzene rings is 1. The number of methoxy groups -OCH3 is 1. The van der Waals surface area contributed by atoms with Crippen molar-refractivity contribution in [3.05, 3.63) is 39.0 Å². The molecular formula is C27H36N4O5. The normalized spacial score (nSPS) is 23.2. The summed E-state index contributed by atoms with van der Waals surface area (Å²) in [5.41, 5.74) is -0.210. The van der Waals surface area contributed by atoms with Crippen LogP contribution in [0.1, 0.15) is 51.4 Å². The largest absolute Gasteiger partial charge is 0.497 e. The van der Waals surface area contributed by atoms with Gasteiger partial charge in [-0.15, -0.1) is 0 Å². The van der Waals surface area contributed by atoms with Crippen LogP contribution in [-0.2, 0) is 16.1 Å². The highest BCUT2D eigenvalue weighted by Crippen LogP contribution is 2.32. The molecule has 2 aromatic rings. The fraction of sp³-hybridized carbons (Fsp3) is 0.630. The molecule has 2 amide bonds. The zero-order chi connectivity index (χ0) is 25.2. The summed E-state index contributed by atoms with van der Waals surface area (Å²) in [7, 11) is 1.54. The van der Waals surface area contributed by atoms with E-state index in [0.717, 1.165) is 51.4 Å². The lowest BCUT2D eigenvalue weighted by atomic mass is 9.81. The summed E-state index contributed by atoms with van der Waals surface area (Å²) >= 11 is 0. The lowest BCUT2D eigenvalue weighted by Crippen LogP contribution is -2.53. The number of ether oxygens (including phenoxy) is 1. The Kier molecular flexibility index (Phi) is 7.16. The second-order valence-electron chi connectivity index (χ2n) is 10.6. The molecule has 194 valence electrons. The molecule has 0 atom stereocenters. The molecule has 1 aromatic carbocycles. The maximum atomic E-state index is 13.2. The Balaban J connectivity index is 1.15. The average molecular weight is 497 g/mol. The van der Waals surface area contributed by atoms with Gasteiger partial charge in [-0.05, 0) is 62.6 Å². The second kappa shape index (κ2) is 10.5. The van der Waals surface area contributed by atoms with Crippen molar-refractivity contribution >= 4 is 22.7 Å². The van der Waals surface area contributed by atoms with Gasteiger partial charge in [0.2, 0.25) is 11.8 Å². The number of fused-ring (bicyclic) bond motifs is 1. The van der Waals surface area contributed by atoms with Crippen molar-refractivity contribution in [2.45, 2.75) is 57.9 Å². The van der Waals surface area contributed by atoms with Crippen LogP contribution in [0.15, 0.2) is 27.8 Å². The highest BCUT2D eigenvalue weighted by molar-refractivity contribution is 5.81. The minimum atomic E-state index is -0.402. The third kappa shape index (κ3) is 4.92. The lowest BCUT2D eigenvalue weighted by molar-refractivity contribution is -0.144. The quantitative estimate of drug-likeness (QED) is 0.684. The number of H-pyrrole nitrogens is 1. The van der Waals surface area contributed by atoms with Gasteiger partial charge >= 0.3 is 5.69 Å². The van der Waals surface area contributed by atoms with E-state index in [0.29, 0.717) is 49.4 Å². The van der Waals surface area contributed by atoms with Gasteiger partial charge in [-0.1, -0.05) is 12.8 Å². The first-order chi connectivity index (χ1) is 17.4. The summed E-state index contributed by atoms with van der Waals surface area (Å²) < 4.78 is 6.51. The van der Waals surface area contributed by atoms with Gasteiger partial charge in [0, 0.05) is 44.6 Å². The Morgan fingerprint density at radius 1 is 0.889 bits per heavy atom. The van der Waals surface area contributed by atoms with Gasteiger partial charge in [-0.3, -0.25) is 19.0 Å². The number of hydrogen-bond acceptors (Lipinski definition) is 5. The van der Waals surface area contributed by atoms with Gasteiger partial charge in [0.1, 0.15) is 5.75 Å². The summed E-state index contributed by atoms with van der Waals surface area (Å²) in [5.74, 6) is 1.38. The minimum absolute atomic E-state index is 0.0193. The Bertz CT molecular complexity index is 1230. The van der Waals surface area contributed by atoms with Crippen molar-refractivity contribution in [2.24, 2.45) is 17.8 Å². The molecule has 1 aliphatic heterocycles. The molecular weight excluding hydrogens is 460 g/mol. The van der Waals surface area contributed by atoms with E-state index < -0.39 is 5.69 Å². The molecule has 3 fully saturated rings. The number of carbonyl (C=O) groups is 2. The fourth-order valence-corrected chi connectivity index (χ4v) is 6.21. The molecule has 5 rings (SSSR count). The van der Waals surface area contributed by atoms with Gasteiger partial charge in [0.25, 0.3) is 5.56 Å². The Morgan fingerprint density at radius 2 is 1.47 bits per heavy atom. The summed E-state index contributed by atoms with van der Waals surface area (Å²) in [4.78, 5) is 58.2. The zero-order valence-corrected chi connectivity index (χ0v) is 21.0. The van der Waals surface area contributed by atoms with Crippen LogP contribution in [-0.4, -0.2) is 64.5 Å². The summed E-state index contributed by atoms with van der Waals surface area (Å²) in [6.07, 6.45) is 7.44. The minimum Gasteiger partial charge on any atom is -0.497 e. The molecule has 1 N–H and O–H groups in total. The van der Waals surface area contributed by atoms with E-state index in [4.69, 9.17) is 4.74 Å². The van der Waals surface area contributed by atoms with Gasteiger partial charge in [0.05, 0.1) is 18.0 Å². The van der Waals surface area contributed by atoms with Crippen LogP contribution in [0.25, 0.3) is 10.9 Å². The SMILES string of the molecule is COc1ccc2[nH]c(=O)n(C[C@H]3CC[C@H](C(=O)N4CCN(C(=O)C5CCCC5)CC4)CC3)c(=O)c2c1. The highest BCUT2D eigenvalue weighted by atomic mass is 16.5. The van der Waals surface area contributed by atoms with Crippen LogP contribution in [0.4, 0.5) is 0 Å². The van der Waals surface area contributed by atoms with Crippen LogP contribution >= 0.6 is 0 Å². The summed E-state index contributed by atoms with van der Waals surface area (Å²) in [6, 6.07) is 5.05. The molecule has 0 unspecified atom stereocenters. The molecule has 2 aliphatic carbocycles. The monoisotopic (exact) mass is 496 g/mol. The molecule has 0 radical (unpaired) electrons. The van der Waals surface area contributed by atoms with E-state index in [-0.39, 0.29) is 35.1 Å². The van der Waals surface area contributed by atoms with Crippen molar-refractivity contribution in [3.8, 4) is 5.75 Å². The van der Waals surface area contributed by atoms with Crippen molar-refractivity contribution < 1.29 is 14.3 Å². The number of aromatic nitrogens is 2. The Labute approximate surface area is 210 Å². The number of amides is 2. The molecule has 0 bridgehead atoms. The van der Waals surface area contributed by atoms with Crippen LogP contribution in [0, 0.1) is 17.8 Å². The molecule has 9 heteroatoms. The van der Waals surface area contributed by atoms with Crippen LogP contribution in [0.3, 0.4) is 0 Å². The molecule has 2 heterocycles.